The van der Waals surface area contributed by atoms with E-state index in [1.807, 2.05) is 25.1 Å². The molecular weight excluding hydrogens is 272 g/mol. The number of carbonyl (C=O) groups is 1. The third kappa shape index (κ3) is 6.01. The first kappa shape index (κ1) is 17.3. The SMILES string of the molecule is COC[C@H](C)NCC(=O)NCc1ccc(OC)c(OC)c1. The van der Waals surface area contributed by atoms with E-state index in [9.17, 15) is 4.79 Å². The van der Waals surface area contributed by atoms with Crippen LogP contribution < -0.4 is 20.1 Å². The van der Waals surface area contributed by atoms with Gasteiger partial charge >= 0.3 is 0 Å². The van der Waals surface area contributed by atoms with Crippen LogP contribution in [0.4, 0.5) is 0 Å². The summed E-state index contributed by atoms with van der Waals surface area (Å²) in [6.45, 7) is 3.24. The number of nitrogens with one attached hydrogen (secondary N) is 2. The molecule has 1 atom stereocenters. The van der Waals surface area contributed by atoms with Gasteiger partial charge in [-0.25, -0.2) is 0 Å². The molecule has 0 unspecified atom stereocenters. The maximum Gasteiger partial charge on any atom is 0.234 e. The fraction of sp³-hybridized carbons (Fsp3) is 0.533. The van der Waals surface area contributed by atoms with Crippen LogP contribution in [0.2, 0.25) is 0 Å². The van der Waals surface area contributed by atoms with Gasteiger partial charge in [0.05, 0.1) is 27.4 Å². The molecule has 0 saturated carbocycles. The van der Waals surface area contributed by atoms with E-state index in [4.69, 9.17) is 14.2 Å². The molecule has 0 saturated heterocycles. The number of carbonyl (C=O) groups excluding carboxylic acids is 1. The summed E-state index contributed by atoms with van der Waals surface area (Å²) in [7, 11) is 4.81. The standard InChI is InChI=1S/C15H24N2O4/c1-11(10-19-2)16-9-15(18)17-8-12-5-6-13(20-3)14(7-12)21-4/h5-7,11,16H,8-10H2,1-4H3,(H,17,18)/t11-/m0/s1. The molecule has 1 rings (SSSR count). The summed E-state index contributed by atoms with van der Waals surface area (Å²) in [5.74, 6) is 1.26. The van der Waals surface area contributed by atoms with Crippen molar-refractivity contribution in [2.24, 2.45) is 0 Å². The van der Waals surface area contributed by atoms with Crippen molar-refractivity contribution in [2.75, 3.05) is 34.5 Å². The Labute approximate surface area is 125 Å². The van der Waals surface area contributed by atoms with Crippen molar-refractivity contribution in [3.05, 3.63) is 23.8 Å². The number of methoxy groups -OCH3 is 3. The molecule has 0 aromatic heterocycles. The lowest BCUT2D eigenvalue weighted by Gasteiger charge is -2.13. The second-order valence-corrected chi connectivity index (χ2v) is 4.70. The highest BCUT2D eigenvalue weighted by molar-refractivity contribution is 5.78. The number of rotatable bonds is 9. The highest BCUT2D eigenvalue weighted by Gasteiger charge is 2.07. The maximum atomic E-state index is 11.7. The predicted molar refractivity (Wildman–Crippen MR) is 80.7 cm³/mol. The number of ether oxygens (including phenoxy) is 3. The Hall–Kier alpha value is -1.79. The molecule has 0 aliphatic rings. The minimum Gasteiger partial charge on any atom is -0.493 e. The monoisotopic (exact) mass is 296 g/mol. The van der Waals surface area contributed by atoms with Gasteiger partial charge in [0.1, 0.15) is 0 Å². The third-order valence-corrected chi connectivity index (χ3v) is 2.97. The topological polar surface area (TPSA) is 68.8 Å². The van der Waals surface area contributed by atoms with Crippen molar-refractivity contribution < 1.29 is 19.0 Å². The molecule has 118 valence electrons. The van der Waals surface area contributed by atoms with Crippen LogP contribution in [-0.2, 0) is 16.1 Å². The quantitative estimate of drug-likeness (QED) is 0.710. The van der Waals surface area contributed by atoms with Gasteiger partial charge in [-0.3, -0.25) is 4.79 Å². The summed E-state index contributed by atoms with van der Waals surface area (Å²) in [6, 6.07) is 5.70. The first-order valence-electron chi connectivity index (χ1n) is 6.80. The largest absolute Gasteiger partial charge is 0.493 e. The molecule has 1 aromatic rings. The average Bonchev–Trinajstić information content (AvgIpc) is 2.50. The Morgan fingerprint density at radius 1 is 1.19 bits per heavy atom. The third-order valence-electron chi connectivity index (χ3n) is 2.97. The Kier molecular flexibility index (Phi) is 7.56. The van der Waals surface area contributed by atoms with E-state index in [0.29, 0.717) is 24.7 Å². The molecule has 21 heavy (non-hydrogen) atoms. The molecule has 2 N–H and O–H groups in total. The van der Waals surface area contributed by atoms with E-state index in [1.54, 1.807) is 21.3 Å². The maximum absolute atomic E-state index is 11.7. The van der Waals surface area contributed by atoms with E-state index < -0.39 is 0 Å². The van der Waals surface area contributed by atoms with E-state index in [2.05, 4.69) is 10.6 Å². The molecule has 6 heteroatoms. The highest BCUT2D eigenvalue weighted by atomic mass is 16.5. The van der Waals surface area contributed by atoms with Crippen LogP contribution in [0.3, 0.4) is 0 Å². The molecule has 0 aliphatic carbocycles. The molecule has 0 aliphatic heterocycles. The van der Waals surface area contributed by atoms with Crippen LogP contribution in [0.1, 0.15) is 12.5 Å². The Morgan fingerprint density at radius 3 is 2.52 bits per heavy atom. The summed E-state index contributed by atoms with van der Waals surface area (Å²) in [5, 5.41) is 5.93. The van der Waals surface area contributed by atoms with Crippen LogP contribution in [0.5, 0.6) is 11.5 Å². The molecule has 1 aromatic carbocycles. The van der Waals surface area contributed by atoms with Crippen LogP contribution in [0.15, 0.2) is 18.2 Å². The lowest BCUT2D eigenvalue weighted by atomic mass is 10.2. The lowest BCUT2D eigenvalue weighted by Crippen LogP contribution is -2.39. The van der Waals surface area contributed by atoms with Crippen LogP contribution >= 0.6 is 0 Å². The zero-order valence-electron chi connectivity index (χ0n) is 13.1. The summed E-state index contributed by atoms with van der Waals surface area (Å²) >= 11 is 0. The summed E-state index contributed by atoms with van der Waals surface area (Å²) in [6.07, 6.45) is 0. The first-order chi connectivity index (χ1) is 10.1. The fourth-order valence-electron chi connectivity index (χ4n) is 1.83. The molecular formula is C15H24N2O4. The average molecular weight is 296 g/mol. The van der Waals surface area contributed by atoms with Crippen molar-refractivity contribution in [1.82, 2.24) is 10.6 Å². The van der Waals surface area contributed by atoms with Crippen molar-refractivity contribution in [3.63, 3.8) is 0 Å². The molecule has 0 heterocycles. The van der Waals surface area contributed by atoms with Gasteiger partial charge in [-0.05, 0) is 24.6 Å². The second-order valence-electron chi connectivity index (χ2n) is 4.70. The molecule has 6 nitrogen and oxygen atoms in total. The van der Waals surface area contributed by atoms with Gasteiger partial charge in [0.15, 0.2) is 11.5 Å². The summed E-state index contributed by atoms with van der Waals surface area (Å²) in [5.41, 5.74) is 0.950. The van der Waals surface area contributed by atoms with Crippen molar-refractivity contribution in [1.29, 1.82) is 0 Å². The van der Waals surface area contributed by atoms with Gasteiger partial charge in [0.2, 0.25) is 5.91 Å². The van der Waals surface area contributed by atoms with Gasteiger partial charge in [-0.2, -0.15) is 0 Å². The van der Waals surface area contributed by atoms with Crippen molar-refractivity contribution in [3.8, 4) is 11.5 Å². The minimum absolute atomic E-state index is 0.0623. The van der Waals surface area contributed by atoms with Gasteiger partial charge in [-0.1, -0.05) is 6.07 Å². The van der Waals surface area contributed by atoms with E-state index >= 15 is 0 Å². The number of amides is 1. The minimum atomic E-state index is -0.0623. The number of hydrogen-bond donors (Lipinski definition) is 2. The number of hydrogen-bond acceptors (Lipinski definition) is 5. The molecule has 0 fully saturated rings. The summed E-state index contributed by atoms with van der Waals surface area (Å²) in [4.78, 5) is 11.7. The lowest BCUT2D eigenvalue weighted by molar-refractivity contribution is -0.120. The molecule has 0 bridgehead atoms. The Bertz CT molecular complexity index is 451. The first-order valence-corrected chi connectivity index (χ1v) is 6.80. The van der Waals surface area contributed by atoms with E-state index in [1.165, 1.54) is 0 Å². The van der Waals surface area contributed by atoms with Crippen molar-refractivity contribution in [2.45, 2.75) is 19.5 Å². The van der Waals surface area contributed by atoms with Crippen LogP contribution in [-0.4, -0.2) is 46.4 Å². The zero-order chi connectivity index (χ0) is 15.7. The van der Waals surface area contributed by atoms with Gasteiger partial charge < -0.3 is 24.8 Å². The second kappa shape index (κ2) is 9.20. The number of benzene rings is 1. The predicted octanol–water partition coefficient (Wildman–Crippen LogP) is 0.945. The van der Waals surface area contributed by atoms with Gasteiger partial charge in [0, 0.05) is 19.7 Å². The highest BCUT2D eigenvalue weighted by Crippen LogP contribution is 2.27. The molecule has 0 radical (unpaired) electrons. The zero-order valence-corrected chi connectivity index (χ0v) is 13.1. The normalized spacial score (nSPS) is 11.8. The van der Waals surface area contributed by atoms with Crippen molar-refractivity contribution >= 4 is 5.91 Å². The molecule has 0 spiro atoms. The smallest absolute Gasteiger partial charge is 0.234 e. The van der Waals surface area contributed by atoms with Gasteiger partial charge in [-0.15, -0.1) is 0 Å². The van der Waals surface area contributed by atoms with Gasteiger partial charge in [0.25, 0.3) is 0 Å². The van der Waals surface area contributed by atoms with Crippen LogP contribution in [0.25, 0.3) is 0 Å². The fourth-order valence-corrected chi connectivity index (χ4v) is 1.83. The Morgan fingerprint density at radius 2 is 1.90 bits per heavy atom. The summed E-state index contributed by atoms with van der Waals surface area (Å²) < 4.78 is 15.4. The van der Waals surface area contributed by atoms with E-state index in [0.717, 1.165) is 5.56 Å². The molecule has 1 amide bonds. The van der Waals surface area contributed by atoms with E-state index in [-0.39, 0.29) is 18.5 Å². The van der Waals surface area contributed by atoms with Crippen LogP contribution in [0, 0.1) is 0 Å². The Balaban J connectivity index is 2.42.